The third kappa shape index (κ3) is 3.39. The molecule has 0 aliphatic rings. The first-order valence-corrected chi connectivity index (χ1v) is 10.9. The van der Waals surface area contributed by atoms with Crippen molar-refractivity contribution in [3.63, 3.8) is 0 Å². The van der Waals surface area contributed by atoms with Gasteiger partial charge in [-0.15, -0.1) is 0 Å². The molecule has 10 heteroatoms. The quantitative estimate of drug-likeness (QED) is 0.416. The molecule has 5 aromatic heterocycles. The van der Waals surface area contributed by atoms with Gasteiger partial charge in [-0.1, -0.05) is 18.2 Å². The van der Waals surface area contributed by atoms with Crippen molar-refractivity contribution in [3.05, 3.63) is 89.2 Å². The van der Waals surface area contributed by atoms with Crippen LogP contribution in [0.1, 0.15) is 10.5 Å². The smallest absolute Gasteiger partial charge is 0.274 e. The molecule has 0 unspecified atom stereocenters. The Labute approximate surface area is 198 Å². The Bertz CT molecular complexity index is 1790. The van der Waals surface area contributed by atoms with Crippen LogP contribution in [0.25, 0.3) is 39.1 Å². The van der Waals surface area contributed by atoms with Crippen LogP contribution in [0.4, 0.5) is 5.82 Å². The van der Waals surface area contributed by atoms with Crippen molar-refractivity contribution in [3.8, 4) is 17.1 Å². The summed E-state index contributed by atoms with van der Waals surface area (Å²) >= 11 is 0. The minimum Gasteiger partial charge on any atom is -0.346 e. The summed E-state index contributed by atoms with van der Waals surface area (Å²) in [5, 5.41) is 7.52. The number of aryl methyl sites for hydroxylation is 2. The zero-order valence-corrected chi connectivity index (χ0v) is 18.9. The number of para-hydroxylation sites is 1. The van der Waals surface area contributed by atoms with Crippen LogP contribution in [0.15, 0.2) is 78.0 Å². The summed E-state index contributed by atoms with van der Waals surface area (Å²) < 4.78 is 5.08. The molecule has 10 nitrogen and oxygen atoms in total. The number of aromatic nitrogens is 7. The van der Waals surface area contributed by atoms with Gasteiger partial charge in [-0.05, 0) is 30.3 Å². The van der Waals surface area contributed by atoms with Crippen molar-refractivity contribution < 1.29 is 4.79 Å². The Kier molecular flexibility index (Phi) is 4.59. The number of carbonyl (C=O) groups excluding carboxylic acids is 1. The fourth-order valence-corrected chi connectivity index (χ4v) is 4.23. The summed E-state index contributed by atoms with van der Waals surface area (Å²) in [6, 6.07) is 17.0. The molecule has 0 aliphatic carbocycles. The van der Waals surface area contributed by atoms with Crippen molar-refractivity contribution >= 4 is 33.8 Å². The molecule has 172 valence electrons. The first-order chi connectivity index (χ1) is 17.0. The van der Waals surface area contributed by atoms with E-state index in [9.17, 15) is 9.59 Å². The summed E-state index contributed by atoms with van der Waals surface area (Å²) in [5.74, 6) is 0.633. The van der Waals surface area contributed by atoms with Gasteiger partial charge >= 0.3 is 0 Å². The fourth-order valence-electron chi connectivity index (χ4n) is 4.23. The minimum atomic E-state index is -0.397. The average molecular weight is 464 g/mol. The molecule has 2 N–H and O–H groups in total. The number of amides is 1. The number of aromatic amines is 1. The number of anilines is 1. The number of imidazole rings is 1. The van der Waals surface area contributed by atoms with Gasteiger partial charge < -0.3 is 14.9 Å². The molecule has 0 bridgehead atoms. The Morgan fingerprint density at radius 1 is 1.06 bits per heavy atom. The number of benzene rings is 1. The second-order valence-corrected chi connectivity index (χ2v) is 8.21. The summed E-state index contributed by atoms with van der Waals surface area (Å²) in [6.07, 6.45) is 5.16. The molecule has 35 heavy (non-hydrogen) atoms. The molecule has 0 spiro atoms. The Hall–Kier alpha value is -4.99. The molecule has 0 atom stereocenters. The first-order valence-electron chi connectivity index (χ1n) is 10.9. The monoisotopic (exact) mass is 464 g/mol. The van der Waals surface area contributed by atoms with Gasteiger partial charge in [0.15, 0.2) is 11.5 Å². The van der Waals surface area contributed by atoms with E-state index >= 15 is 0 Å². The van der Waals surface area contributed by atoms with Crippen molar-refractivity contribution in [1.29, 1.82) is 0 Å². The van der Waals surface area contributed by atoms with Gasteiger partial charge in [0, 0.05) is 55.4 Å². The molecule has 5 heterocycles. The van der Waals surface area contributed by atoms with Crippen LogP contribution >= 0.6 is 0 Å². The molecule has 6 aromatic rings. The predicted molar refractivity (Wildman–Crippen MR) is 133 cm³/mol. The van der Waals surface area contributed by atoms with E-state index in [1.54, 1.807) is 49.5 Å². The SMILES string of the molecule is Cn1ccc(NC(=O)c2cc3c(-c4nc5ncccc5n4-c4ccccc4)cn(C)c(=O)c3[nH]2)n1. The first kappa shape index (κ1) is 20.6. The van der Waals surface area contributed by atoms with Gasteiger partial charge in [-0.2, -0.15) is 5.10 Å². The van der Waals surface area contributed by atoms with Crippen LogP contribution in [0, 0.1) is 0 Å². The van der Waals surface area contributed by atoms with Crippen molar-refractivity contribution in [2.24, 2.45) is 14.1 Å². The lowest BCUT2D eigenvalue weighted by Gasteiger charge is -2.11. The standard InChI is InChI=1S/C25H20N8O2/c1-31-14-17(23-29-22-19(9-6-11-26-22)33(23)15-7-4-3-5-8-15)16-13-18(27-21(16)25(31)35)24(34)28-20-10-12-32(2)30-20/h3-14,27H,1-2H3,(H,28,30,34). The molecule has 1 amide bonds. The number of hydrogen-bond donors (Lipinski definition) is 2. The Balaban J connectivity index is 1.57. The number of carbonyl (C=O) groups is 1. The number of H-pyrrole nitrogens is 1. The highest BCUT2D eigenvalue weighted by Crippen LogP contribution is 2.32. The van der Waals surface area contributed by atoms with Crippen LogP contribution in [-0.4, -0.2) is 39.8 Å². The molecule has 0 radical (unpaired) electrons. The molecule has 0 aliphatic heterocycles. The average Bonchev–Trinajstić information content (AvgIpc) is 3.59. The zero-order chi connectivity index (χ0) is 24.1. The number of fused-ring (bicyclic) bond motifs is 2. The largest absolute Gasteiger partial charge is 0.346 e. The highest BCUT2D eigenvalue weighted by atomic mass is 16.2. The topological polar surface area (TPSA) is 115 Å². The van der Waals surface area contributed by atoms with Crippen LogP contribution in [-0.2, 0) is 14.1 Å². The van der Waals surface area contributed by atoms with Gasteiger partial charge in [0.2, 0.25) is 0 Å². The molecular weight excluding hydrogens is 444 g/mol. The second kappa shape index (κ2) is 7.80. The minimum absolute atomic E-state index is 0.246. The normalized spacial score (nSPS) is 11.4. The maximum absolute atomic E-state index is 13.0. The van der Waals surface area contributed by atoms with Gasteiger partial charge in [-0.3, -0.25) is 18.8 Å². The van der Waals surface area contributed by atoms with Gasteiger partial charge in [-0.25, -0.2) is 9.97 Å². The summed E-state index contributed by atoms with van der Waals surface area (Å²) in [4.78, 5) is 38.2. The van der Waals surface area contributed by atoms with Crippen LogP contribution in [0.3, 0.4) is 0 Å². The van der Waals surface area contributed by atoms with Crippen LogP contribution < -0.4 is 10.9 Å². The van der Waals surface area contributed by atoms with Crippen LogP contribution in [0.2, 0.25) is 0 Å². The molecule has 0 saturated heterocycles. The number of nitrogens with zero attached hydrogens (tertiary/aromatic N) is 6. The predicted octanol–water partition coefficient (Wildman–Crippen LogP) is 3.25. The maximum atomic E-state index is 13.0. The highest BCUT2D eigenvalue weighted by molar-refractivity contribution is 6.07. The van der Waals surface area contributed by atoms with Gasteiger partial charge in [0.1, 0.15) is 17.0 Å². The fraction of sp³-hybridized carbons (Fsp3) is 0.0800. The van der Waals surface area contributed by atoms with E-state index in [1.807, 2.05) is 47.0 Å². The summed E-state index contributed by atoms with van der Waals surface area (Å²) in [7, 11) is 3.44. The molecule has 1 aromatic carbocycles. The lowest BCUT2D eigenvalue weighted by Crippen LogP contribution is -2.17. The summed E-state index contributed by atoms with van der Waals surface area (Å²) in [6.45, 7) is 0. The van der Waals surface area contributed by atoms with E-state index in [4.69, 9.17) is 4.98 Å². The van der Waals surface area contributed by atoms with Crippen LogP contribution in [0.5, 0.6) is 0 Å². The second-order valence-electron chi connectivity index (χ2n) is 8.21. The highest BCUT2D eigenvalue weighted by Gasteiger charge is 2.22. The van der Waals surface area contributed by atoms with E-state index in [-0.39, 0.29) is 11.3 Å². The number of nitrogens with one attached hydrogen (secondary N) is 2. The van der Waals surface area contributed by atoms with Gasteiger partial charge in [0.25, 0.3) is 11.5 Å². The van der Waals surface area contributed by atoms with E-state index in [2.05, 4.69) is 20.4 Å². The number of hydrogen-bond acceptors (Lipinski definition) is 5. The molecule has 6 rings (SSSR count). The van der Waals surface area contributed by atoms with E-state index < -0.39 is 5.91 Å². The molecule has 0 fully saturated rings. The lowest BCUT2D eigenvalue weighted by atomic mass is 10.1. The third-order valence-electron chi connectivity index (χ3n) is 5.85. The van der Waals surface area contributed by atoms with Crippen molar-refractivity contribution in [2.75, 3.05) is 5.32 Å². The molecular formula is C25H20N8O2. The Morgan fingerprint density at radius 2 is 1.89 bits per heavy atom. The molecule has 0 saturated carbocycles. The van der Waals surface area contributed by atoms with E-state index in [0.29, 0.717) is 33.8 Å². The number of rotatable bonds is 4. The summed E-state index contributed by atoms with van der Waals surface area (Å²) in [5.41, 5.74) is 3.32. The van der Waals surface area contributed by atoms with Crippen molar-refractivity contribution in [2.45, 2.75) is 0 Å². The lowest BCUT2D eigenvalue weighted by molar-refractivity contribution is 0.102. The van der Waals surface area contributed by atoms with E-state index in [0.717, 1.165) is 11.2 Å². The number of pyridine rings is 2. The van der Waals surface area contributed by atoms with E-state index in [1.165, 1.54) is 4.57 Å². The maximum Gasteiger partial charge on any atom is 0.274 e. The Morgan fingerprint density at radius 3 is 2.66 bits per heavy atom. The zero-order valence-electron chi connectivity index (χ0n) is 18.9. The van der Waals surface area contributed by atoms with Crippen molar-refractivity contribution in [1.82, 2.24) is 33.9 Å². The van der Waals surface area contributed by atoms with Gasteiger partial charge in [0.05, 0.1) is 5.52 Å². The third-order valence-corrected chi connectivity index (χ3v) is 5.85.